The zero-order chi connectivity index (χ0) is 26.1. The van der Waals surface area contributed by atoms with Gasteiger partial charge in [-0.05, 0) is 62.4 Å². The molecule has 2 saturated heterocycles. The summed E-state index contributed by atoms with van der Waals surface area (Å²) in [6, 6.07) is 10.3. The molecule has 0 radical (unpaired) electrons. The van der Waals surface area contributed by atoms with Gasteiger partial charge in [-0.15, -0.1) is 0 Å². The molecule has 2 atom stereocenters. The fourth-order valence-electron chi connectivity index (χ4n) is 6.37. The van der Waals surface area contributed by atoms with Crippen LogP contribution >= 0.6 is 0 Å². The monoisotopic (exact) mass is 510 g/mol. The average Bonchev–Trinajstić information content (AvgIpc) is 3.55. The fraction of sp³-hybridized carbons (Fsp3) is 0.276. The lowest BCUT2D eigenvalue weighted by atomic mass is 9.98. The summed E-state index contributed by atoms with van der Waals surface area (Å²) in [5, 5.41) is 4.59. The third kappa shape index (κ3) is 3.33. The quantitative estimate of drug-likeness (QED) is 0.284. The van der Waals surface area contributed by atoms with Crippen LogP contribution in [0.3, 0.4) is 0 Å². The second-order valence-corrected chi connectivity index (χ2v) is 10.3. The molecule has 0 saturated carbocycles. The average molecular weight is 511 g/mol. The Bertz CT molecular complexity index is 1770. The normalized spacial score (nSPS) is 20.9. The number of aromatic nitrogens is 3. The lowest BCUT2D eigenvalue weighted by Gasteiger charge is -2.38. The van der Waals surface area contributed by atoms with Crippen LogP contribution in [0.5, 0.6) is 0 Å². The maximum atomic E-state index is 15.8. The lowest BCUT2D eigenvalue weighted by Crippen LogP contribution is -2.48. The van der Waals surface area contributed by atoms with Gasteiger partial charge in [-0.2, -0.15) is 0 Å². The molecule has 2 aromatic carbocycles. The predicted octanol–water partition coefficient (Wildman–Crippen LogP) is 6.41. The van der Waals surface area contributed by atoms with Gasteiger partial charge in [0.15, 0.2) is 11.4 Å². The Labute approximate surface area is 217 Å². The summed E-state index contributed by atoms with van der Waals surface area (Å²) in [6.45, 7) is 8.99. The van der Waals surface area contributed by atoms with Crippen molar-refractivity contribution in [3.8, 4) is 22.4 Å². The van der Waals surface area contributed by atoms with Crippen LogP contribution in [0.15, 0.2) is 53.3 Å². The molecule has 3 aromatic heterocycles. The van der Waals surface area contributed by atoms with E-state index >= 15 is 4.39 Å². The molecule has 0 spiro atoms. The molecule has 9 heteroatoms. The molecule has 2 unspecified atom stereocenters. The maximum absolute atomic E-state index is 15.8. The second-order valence-electron chi connectivity index (χ2n) is 10.3. The van der Waals surface area contributed by atoms with Gasteiger partial charge in [-0.3, -0.25) is 0 Å². The molecular formula is C29H24F2N6O. The largest absolute Gasteiger partial charge is 0.356 e. The molecule has 7 nitrogen and oxygen atoms in total. The number of aryl methyl sites for hydroxylation is 1. The van der Waals surface area contributed by atoms with Gasteiger partial charge in [0.05, 0.1) is 23.5 Å². The molecule has 2 N–H and O–H groups in total. The number of hydrogen-bond donors (Lipinski definition) is 1. The summed E-state index contributed by atoms with van der Waals surface area (Å²) in [5.41, 5.74) is 10.2. The molecule has 7 rings (SSSR count). The second kappa shape index (κ2) is 8.36. The highest BCUT2D eigenvalue weighted by molar-refractivity contribution is 5.94. The number of hydrogen-bond acceptors (Lipinski definition) is 5. The Morgan fingerprint density at radius 1 is 1.05 bits per heavy atom. The SMILES string of the molecule is [C-]#[N+]c1ccc(-c2cc3c(N4C5CCC4CC(N)C5)nccn3c2-c2cc3onc(C)c3cc2F)cc1F. The van der Waals surface area contributed by atoms with Crippen LogP contribution in [0.2, 0.25) is 0 Å². The van der Waals surface area contributed by atoms with E-state index in [1.807, 2.05) is 10.5 Å². The minimum Gasteiger partial charge on any atom is -0.356 e. The summed E-state index contributed by atoms with van der Waals surface area (Å²) in [6.07, 6.45) is 7.44. The first kappa shape index (κ1) is 22.9. The van der Waals surface area contributed by atoms with Crippen molar-refractivity contribution in [3.63, 3.8) is 0 Å². The number of rotatable bonds is 3. The van der Waals surface area contributed by atoms with Gasteiger partial charge in [-0.25, -0.2) is 18.6 Å². The molecule has 38 heavy (non-hydrogen) atoms. The van der Waals surface area contributed by atoms with Crippen LogP contribution in [0.25, 0.3) is 43.7 Å². The first-order valence-corrected chi connectivity index (χ1v) is 12.7. The topological polar surface area (TPSA) is 77.0 Å². The predicted molar refractivity (Wildman–Crippen MR) is 141 cm³/mol. The third-order valence-electron chi connectivity index (χ3n) is 8.07. The molecule has 0 amide bonds. The van der Waals surface area contributed by atoms with Crippen LogP contribution in [-0.4, -0.2) is 32.7 Å². The van der Waals surface area contributed by atoms with Gasteiger partial charge in [0.2, 0.25) is 5.69 Å². The fourth-order valence-corrected chi connectivity index (χ4v) is 6.37. The van der Waals surface area contributed by atoms with E-state index in [1.54, 1.807) is 31.5 Å². The van der Waals surface area contributed by atoms with Crippen molar-refractivity contribution in [1.82, 2.24) is 14.5 Å². The summed E-state index contributed by atoms with van der Waals surface area (Å²) >= 11 is 0. The molecule has 5 heterocycles. The van der Waals surface area contributed by atoms with Gasteiger partial charge < -0.3 is 19.6 Å². The smallest absolute Gasteiger partial charge is 0.222 e. The number of piperidine rings is 1. The molecular weight excluding hydrogens is 486 g/mol. The zero-order valence-electron chi connectivity index (χ0n) is 20.7. The van der Waals surface area contributed by atoms with Crippen molar-refractivity contribution < 1.29 is 13.3 Å². The van der Waals surface area contributed by atoms with Crippen molar-refractivity contribution in [2.45, 2.75) is 50.7 Å². The minimum atomic E-state index is -0.623. The van der Waals surface area contributed by atoms with E-state index in [9.17, 15) is 4.39 Å². The van der Waals surface area contributed by atoms with Crippen molar-refractivity contribution in [2.75, 3.05) is 4.90 Å². The molecule has 0 aliphatic carbocycles. The van der Waals surface area contributed by atoms with Crippen LogP contribution in [0.1, 0.15) is 31.4 Å². The molecule has 2 fully saturated rings. The van der Waals surface area contributed by atoms with Gasteiger partial charge >= 0.3 is 0 Å². The number of fused-ring (bicyclic) bond motifs is 4. The van der Waals surface area contributed by atoms with Crippen LogP contribution in [0, 0.1) is 25.1 Å². The molecule has 2 aliphatic rings. The van der Waals surface area contributed by atoms with E-state index in [-0.39, 0.29) is 11.7 Å². The number of benzene rings is 2. The Kier molecular flexibility index (Phi) is 5.03. The Morgan fingerprint density at radius 2 is 1.84 bits per heavy atom. The van der Waals surface area contributed by atoms with E-state index in [4.69, 9.17) is 21.8 Å². The van der Waals surface area contributed by atoms with Crippen LogP contribution in [0.4, 0.5) is 20.3 Å². The third-order valence-corrected chi connectivity index (χ3v) is 8.07. The van der Waals surface area contributed by atoms with E-state index in [0.717, 1.165) is 37.0 Å². The van der Waals surface area contributed by atoms with E-state index in [0.29, 0.717) is 51.1 Å². The number of anilines is 1. The van der Waals surface area contributed by atoms with Crippen LogP contribution < -0.4 is 10.6 Å². The molecule has 2 aliphatic heterocycles. The summed E-state index contributed by atoms with van der Waals surface area (Å²) < 4.78 is 37.9. The lowest BCUT2D eigenvalue weighted by molar-refractivity contribution is 0.412. The summed E-state index contributed by atoms with van der Waals surface area (Å²) in [5.74, 6) is -0.248. The number of nitrogens with two attached hydrogens (primary N) is 1. The number of nitrogens with zero attached hydrogens (tertiary/aromatic N) is 5. The van der Waals surface area contributed by atoms with Gasteiger partial charge in [0, 0.05) is 47.0 Å². The van der Waals surface area contributed by atoms with E-state index < -0.39 is 11.6 Å². The summed E-state index contributed by atoms with van der Waals surface area (Å²) in [7, 11) is 0. The Balaban J connectivity index is 1.50. The minimum absolute atomic E-state index is 0.0626. The first-order chi connectivity index (χ1) is 18.4. The van der Waals surface area contributed by atoms with E-state index in [1.165, 1.54) is 18.2 Å². The van der Waals surface area contributed by atoms with Crippen LogP contribution in [-0.2, 0) is 0 Å². The maximum Gasteiger partial charge on any atom is 0.222 e. The summed E-state index contributed by atoms with van der Waals surface area (Å²) in [4.78, 5) is 10.4. The first-order valence-electron chi connectivity index (χ1n) is 12.7. The molecule has 5 aromatic rings. The molecule has 190 valence electrons. The highest BCUT2D eigenvalue weighted by atomic mass is 19.1. The Hall–Kier alpha value is -4.29. The Morgan fingerprint density at radius 3 is 2.58 bits per heavy atom. The van der Waals surface area contributed by atoms with Crippen molar-refractivity contribution in [3.05, 3.63) is 77.5 Å². The zero-order valence-corrected chi connectivity index (χ0v) is 20.7. The van der Waals surface area contributed by atoms with Gasteiger partial charge in [0.1, 0.15) is 11.6 Å². The van der Waals surface area contributed by atoms with Gasteiger partial charge in [0.25, 0.3) is 0 Å². The highest BCUT2D eigenvalue weighted by Gasteiger charge is 2.41. The van der Waals surface area contributed by atoms with E-state index in [2.05, 4.69) is 14.9 Å². The standard InChI is InChI=1S/C29H24F2N6O/c1-15-20-12-23(30)22(14-27(20)38-35-15)28-21(16-3-6-25(33-2)24(31)9-16)13-26-29(34-7-8-36(26)28)37-18-4-5-19(37)11-17(32)10-18/h3,6-9,12-14,17-19H,4-5,10-11,32H2,1H3. The van der Waals surface area contributed by atoms with Crippen molar-refractivity contribution >= 4 is 28.0 Å². The van der Waals surface area contributed by atoms with Crippen molar-refractivity contribution in [1.29, 1.82) is 0 Å². The van der Waals surface area contributed by atoms with Gasteiger partial charge in [-0.1, -0.05) is 17.3 Å². The van der Waals surface area contributed by atoms with Crippen molar-refractivity contribution in [2.24, 2.45) is 5.73 Å². The molecule has 2 bridgehead atoms. The highest BCUT2D eigenvalue weighted by Crippen LogP contribution is 2.44. The number of halogens is 2.